The number of phenols is 2. The molecule has 7 N–H and O–H groups in total. The minimum atomic E-state index is 0.0442. The monoisotopic (exact) mass is 245 g/mol. The van der Waals surface area contributed by atoms with E-state index >= 15 is 0 Å². The van der Waals surface area contributed by atoms with Crippen LogP contribution >= 0.6 is 0 Å². The molecule has 0 fully saturated rings. The molecule has 2 rings (SSSR count). The van der Waals surface area contributed by atoms with Crippen molar-refractivity contribution in [2.45, 2.75) is 6.92 Å². The number of anilines is 4. The molecule has 0 heterocycles. The summed E-state index contributed by atoms with van der Waals surface area (Å²) in [6.07, 6.45) is 0. The van der Waals surface area contributed by atoms with Gasteiger partial charge in [-0.25, -0.2) is 0 Å². The van der Waals surface area contributed by atoms with Crippen molar-refractivity contribution >= 4 is 22.7 Å². The Bertz CT molecular complexity index is 597. The second-order valence-electron chi connectivity index (χ2n) is 4.13. The first-order valence-electron chi connectivity index (χ1n) is 5.42. The molecule has 0 atom stereocenters. The maximum Gasteiger partial charge on any atom is 0.139 e. The highest BCUT2D eigenvalue weighted by Gasteiger charge is 2.08. The van der Waals surface area contributed by atoms with Crippen LogP contribution in [0.25, 0.3) is 0 Å². The summed E-state index contributed by atoms with van der Waals surface area (Å²) in [5.41, 5.74) is 14.1. The summed E-state index contributed by atoms with van der Waals surface area (Å²) in [5.74, 6) is 0.103. The molecule has 0 aliphatic heterocycles. The number of benzene rings is 2. The fourth-order valence-corrected chi connectivity index (χ4v) is 1.61. The third-order valence-electron chi connectivity index (χ3n) is 2.67. The van der Waals surface area contributed by atoms with E-state index in [0.29, 0.717) is 22.7 Å². The van der Waals surface area contributed by atoms with Crippen molar-refractivity contribution in [3.8, 4) is 11.5 Å². The zero-order valence-electron chi connectivity index (χ0n) is 9.94. The Morgan fingerprint density at radius 2 is 1.61 bits per heavy atom. The number of hydrogen-bond donors (Lipinski definition) is 5. The average Bonchev–Trinajstić information content (AvgIpc) is 2.30. The second kappa shape index (κ2) is 4.37. The summed E-state index contributed by atoms with van der Waals surface area (Å²) >= 11 is 0. The van der Waals surface area contributed by atoms with Crippen LogP contribution in [0.4, 0.5) is 22.7 Å². The van der Waals surface area contributed by atoms with Gasteiger partial charge in [-0.1, -0.05) is 0 Å². The number of rotatable bonds is 2. The Labute approximate surface area is 105 Å². The summed E-state index contributed by atoms with van der Waals surface area (Å²) in [7, 11) is 0. The van der Waals surface area contributed by atoms with Gasteiger partial charge in [-0.2, -0.15) is 0 Å². The lowest BCUT2D eigenvalue weighted by molar-refractivity contribution is 0.475. The molecule has 0 aromatic heterocycles. The van der Waals surface area contributed by atoms with Gasteiger partial charge in [0.1, 0.15) is 11.5 Å². The van der Waals surface area contributed by atoms with Crippen molar-refractivity contribution in [2.24, 2.45) is 0 Å². The van der Waals surface area contributed by atoms with Crippen molar-refractivity contribution in [1.82, 2.24) is 0 Å². The number of nitrogen functional groups attached to an aromatic ring is 2. The van der Waals surface area contributed by atoms with Crippen LogP contribution in [-0.4, -0.2) is 10.2 Å². The summed E-state index contributed by atoms with van der Waals surface area (Å²) in [6.45, 7) is 1.80. The van der Waals surface area contributed by atoms with Crippen molar-refractivity contribution in [2.75, 3.05) is 16.8 Å². The van der Waals surface area contributed by atoms with Gasteiger partial charge in [-0.05, 0) is 42.8 Å². The van der Waals surface area contributed by atoms with E-state index < -0.39 is 0 Å². The number of aromatic hydroxyl groups is 2. The van der Waals surface area contributed by atoms with Crippen LogP contribution in [0.2, 0.25) is 0 Å². The van der Waals surface area contributed by atoms with E-state index in [2.05, 4.69) is 5.32 Å². The first-order valence-corrected chi connectivity index (χ1v) is 5.42. The summed E-state index contributed by atoms with van der Waals surface area (Å²) in [5, 5.41) is 22.4. The maximum absolute atomic E-state index is 9.81. The minimum absolute atomic E-state index is 0.0442. The molecule has 0 radical (unpaired) electrons. The van der Waals surface area contributed by atoms with Gasteiger partial charge in [-0.3, -0.25) is 0 Å². The van der Waals surface area contributed by atoms with E-state index in [0.717, 1.165) is 5.56 Å². The van der Waals surface area contributed by atoms with Crippen LogP contribution in [0.3, 0.4) is 0 Å². The summed E-state index contributed by atoms with van der Waals surface area (Å²) < 4.78 is 0. The maximum atomic E-state index is 9.81. The predicted molar refractivity (Wildman–Crippen MR) is 73.1 cm³/mol. The fraction of sp³-hybridized carbons (Fsp3) is 0.0769. The first-order chi connectivity index (χ1) is 8.47. The molecule has 0 amide bonds. The summed E-state index contributed by atoms with van der Waals surface area (Å²) in [4.78, 5) is 0. The van der Waals surface area contributed by atoms with Crippen LogP contribution in [0.1, 0.15) is 5.56 Å². The van der Waals surface area contributed by atoms with Gasteiger partial charge in [-0.15, -0.1) is 0 Å². The molecule has 2 aromatic carbocycles. The second-order valence-corrected chi connectivity index (χ2v) is 4.13. The van der Waals surface area contributed by atoms with Crippen LogP contribution in [0.5, 0.6) is 11.5 Å². The molecule has 0 saturated carbocycles. The lowest BCUT2D eigenvalue weighted by Gasteiger charge is -2.12. The third kappa shape index (κ3) is 2.24. The summed E-state index contributed by atoms with van der Waals surface area (Å²) in [6, 6.07) is 7.80. The van der Waals surface area contributed by atoms with Gasteiger partial charge in [0.2, 0.25) is 0 Å². The minimum Gasteiger partial charge on any atom is -0.506 e. The van der Waals surface area contributed by atoms with Crippen molar-refractivity contribution in [3.63, 3.8) is 0 Å². The smallest absolute Gasteiger partial charge is 0.139 e. The molecule has 18 heavy (non-hydrogen) atoms. The van der Waals surface area contributed by atoms with Crippen LogP contribution in [0, 0.1) is 6.92 Å². The predicted octanol–water partition coefficient (Wildman–Crippen LogP) is 2.31. The highest BCUT2D eigenvalue weighted by atomic mass is 16.3. The van der Waals surface area contributed by atoms with Crippen molar-refractivity contribution in [1.29, 1.82) is 0 Å². The van der Waals surface area contributed by atoms with E-state index in [1.165, 1.54) is 6.07 Å². The lowest BCUT2D eigenvalue weighted by atomic mass is 10.1. The third-order valence-corrected chi connectivity index (χ3v) is 2.67. The molecule has 5 nitrogen and oxygen atoms in total. The van der Waals surface area contributed by atoms with E-state index in [4.69, 9.17) is 11.5 Å². The highest BCUT2D eigenvalue weighted by molar-refractivity contribution is 5.75. The average molecular weight is 245 g/mol. The SMILES string of the molecule is Cc1cc(O)c(Nc2cc(N)ccc2O)cc1N. The molecule has 0 spiro atoms. The Morgan fingerprint density at radius 3 is 2.33 bits per heavy atom. The zero-order valence-corrected chi connectivity index (χ0v) is 9.94. The number of hydrogen-bond acceptors (Lipinski definition) is 5. The number of phenolic OH excluding ortho intramolecular Hbond substituents is 2. The zero-order chi connectivity index (χ0) is 13.3. The molecule has 0 unspecified atom stereocenters. The largest absolute Gasteiger partial charge is 0.506 e. The highest BCUT2D eigenvalue weighted by Crippen LogP contribution is 2.34. The molecule has 94 valence electrons. The van der Waals surface area contributed by atoms with E-state index in [-0.39, 0.29) is 11.5 Å². The molecule has 0 saturated heterocycles. The van der Waals surface area contributed by atoms with Gasteiger partial charge in [0.15, 0.2) is 0 Å². The molecule has 0 aliphatic carbocycles. The molecule has 2 aromatic rings. The first kappa shape index (κ1) is 11.9. The molecule has 0 aliphatic rings. The van der Waals surface area contributed by atoms with E-state index in [1.54, 1.807) is 31.2 Å². The van der Waals surface area contributed by atoms with Crippen LogP contribution in [-0.2, 0) is 0 Å². The quantitative estimate of drug-likeness (QED) is 0.317. The fourth-order valence-electron chi connectivity index (χ4n) is 1.61. The topological polar surface area (TPSA) is 105 Å². The van der Waals surface area contributed by atoms with Crippen LogP contribution < -0.4 is 16.8 Å². The Kier molecular flexibility index (Phi) is 2.89. The molecule has 5 heteroatoms. The van der Waals surface area contributed by atoms with Gasteiger partial charge in [0, 0.05) is 11.4 Å². The van der Waals surface area contributed by atoms with Crippen molar-refractivity contribution in [3.05, 3.63) is 35.9 Å². The van der Waals surface area contributed by atoms with Gasteiger partial charge >= 0.3 is 0 Å². The number of aryl methyl sites for hydroxylation is 1. The van der Waals surface area contributed by atoms with E-state index in [9.17, 15) is 10.2 Å². The van der Waals surface area contributed by atoms with Gasteiger partial charge in [0.25, 0.3) is 0 Å². The Balaban J connectivity index is 2.40. The van der Waals surface area contributed by atoms with Crippen LogP contribution in [0.15, 0.2) is 30.3 Å². The number of nitrogens with one attached hydrogen (secondary N) is 1. The molecule has 0 bridgehead atoms. The van der Waals surface area contributed by atoms with E-state index in [1.807, 2.05) is 0 Å². The van der Waals surface area contributed by atoms with Gasteiger partial charge < -0.3 is 27.0 Å². The molecular weight excluding hydrogens is 230 g/mol. The van der Waals surface area contributed by atoms with Gasteiger partial charge in [0.05, 0.1) is 11.4 Å². The Morgan fingerprint density at radius 1 is 0.944 bits per heavy atom. The lowest BCUT2D eigenvalue weighted by Crippen LogP contribution is -1.96. The van der Waals surface area contributed by atoms with Crippen molar-refractivity contribution < 1.29 is 10.2 Å². The normalized spacial score (nSPS) is 10.3. The Hall–Kier alpha value is -2.56. The molecular formula is C13H15N3O2. The standard InChI is InChI=1S/C13H15N3O2/c1-7-4-13(18)11(6-9(7)15)16-10-5-8(14)2-3-12(10)17/h2-6,16-18H,14-15H2,1H3. The number of nitrogens with two attached hydrogens (primary N) is 2.